The summed E-state index contributed by atoms with van der Waals surface area (Å²) in [4.78, 5) is 25.7. The van der Waals surface area contributed by atoms with Gasteiger partial charge in [-0.3, -0.25) is 9.59 Å². The number of methoxy groups -OCH3 is 1. The Labute approximate surface area is 137 Å². The van der Waals surface area contributed by atoms with E-state index in [0.29, 0.717) is 26.1 Å². The lowest BCUT2D eigenvalue weighted by Crippen LogP contribution is -2.38. The van der Waals surface area contributed by atoms with Crippen LogP contribution in [0.15, 0.2) is 22.8 Å². The number of nitrogens with zero attached hydrogens (tertiary/aromatic N) is 1. The van der Waals surface area contributed by atoms with Crippen LogP contribution >= 0.6 is 0 Å². The van der Waals surface area contributed by atoms with Crippen LogP contribution in [-0.2, 0) is 14.3 Å². The Kier molecular flexibility index (Phi) is 9.05. The summed E-state index contributed by atoms with van der Waals surface area (Å²) in [7, 11) is 1.35. The molecular weight excluding hydrogens is 298 g/mol. The average Bonchev–Trinajstić information content (AvgIpc) is 3.09. The number of rotatable bonds is 11. The Morgan fingerprint density at radius 3 is 2.65 bits per heavy atom. The molecular formula is C17H27NO5. The molecule has 0 spiro atoms. The molecule has 6 nitrogen and oxygen atoms in total. The lowest BCUT2D eigenvalue weighted by atomic mass is 10.1. The molecule has 1 rings (SSSR count). The van der Waals surface area contributed by atoms with E-state index in [2.05, 4.69) is 6.92 Å². The molecule has 0 bridgehead atoms. The smallest absolute Gasteiger partial charge is 0.310 e. The normalized spacial score (nSPS) is 12.0. The largest absolute Gasteiger partial charge is 0.469 e. The van der Waals surface area contributed by atoms with E-state index in [4.69, 9.17) is 13.9 Å². The highest BCUT2D eigenvalue weighted by Crippen LogP contribution is 2.10. The summed E-state index contributed by atoms with van der Waals surface area (Å²) in [5.41, 5.74) is 0. The summed E-state index contributed by atoms with van der Waals surface area (Å²) < 4.78 is 15.4. The second-order valence-corrected chi connectivity index (χ2v) is 5.47. The van der Waals surface area contributed by atoms with Crippen molar-refractivity contribution in [1.29, 1.82) is 0 Å². The second-order valence-electron chi connectivity index (χ2n) is 5.47. The predicted molar refractivity (Wildman–Crippen MR) is 86.1 cm³/mol. The van der Waals surface area contributed by atoms with Gasteiger partial charge in [0.25, 0.3) is 5.91 Å². The average molecular weight is 325 g/mol. The first kappa shape index (κ1) is 19.2. The first-order chi connectivity index (χ1) is 11.1. The van der Waals surface area contributed by atoms with Crippen LogP contribution in [0.25, 0.3) is 0 Å². The Bertz CT molecular complexity index is 458. The Hall–Kier alpha value is -1.82. The third-order valence-electron chi connectivity index (χ3n) is 3.48. The van der Waals surface area contributed by atoms with E-state index < -0.39 is 0 Å². The van der Waals surface area contributed by atoms with Gasteiger partial charge in [0, 0.05) is 26.3 Å². The third kappa shape index (κ3) is 6.86. The number of hydrogen-bond donors (Lipinski definition) is 0. The maximum atomic E-state index is 12.5. The standard InChI is InChI=1S/C17H27NO5/c1-4-5-10-22-11-7-9-18(13-14(2)17(20)21-3)16(19)15-8-6-12-23-15/h6,8,12,14H,4-5,7,9-11,13H2,1-3H3. The van der Waals surface area contributed by atoms with Crippen molar-refractivity contribution in [3.05, 3.63) is 24.2 Å². The zero-order valence-corrected chi connectivity index (χ0v) is 14.2. The van der Waals surface area contributed by atoms with Crippen LogP contribution in [0.3, 0.4) is 0 Å². The van der Waals surface area contributed by atoms with Gasteiger partial charge < -0.3 is 18.8 Å². The Morgan fingerprint density at radius 1 is 1.30 bits per heavy atom. The molecule has 23 heavy (non-hydrogen) atoms. The van der Waals surface area contributed by atoms with Crippen LogP contribution in [-0.4, -0.2) is 50.2 Å². The fourth-order valence-electron chi connectivity index (χ4n) is 2.14. The molecule has 1 aromatic rings. The van der Waals surface area contributed by atoms with Crippen LogP contribution in [0.1, 0.15) is 43.7 Å². The fourth-order valence-corrected chi connectivity index (χ4v) is 2.14. The molecule has 130 valence electrons. The molecule has 1 unspecified atom stereocenters. The van der Waals surface area contributed by atoms with Crippen molar-refractivity contribution in [1.82, 2.24) is 4.90 Å². The number of carbonyl (C=O) groups is 2. The Balaban J connectivity index is 2.54. The maximum Gasteiger partial charge on any atom is 0.310 e. The molecule has 1 atom stereocenters. The van der Waals surface area contributed by atoms with E-state index in [1.54, 1.807) is 24.0 Å². The molecule has 0 aliphatic heterocycles. The summed E-state index contributed by atoms with van der Waals surface area (Å²) in [5, 5.41) is 0. The monoisotopic (exact) mass is 325 g/mol. The SMILES string of the molecule is CCCCOCCCN(CC(C)C(=O)OC)C(=O)c1ccco1. The quantitative estimate of drug-likeness (QED) is 0.462. The minimum atomic E-state index is -0.389. The number of ether oxygens (including phenoxy) is 2. The molecule has 6 heteroatoms. The van der Waals surface area contributed by atoms with E-state index in [9.17, 15) is 9.59 Å². The van der Waals surface area contributed by atoms with E-state index in [1.807, 2.05) is 0 Å². The fraction of sp³-hybridized carbons (Fsp3) is 0.647. The van der Waals surface area contributed by atoms with Gasteiger partial charge in [0.05, 0.1) is 19.3 Å². The zero-order valence-electron chi connectivity index (χ0n) is 14.2. The van der Waals surface area contributed by atoms with E-state index in [-0.39, 0.29) is 23.6 Å². The van der Waals surface area contributed by atoms with Crippen molar-refractivity contribution < 1.29 is 23.5 Å². The third-order valence-corrected chi connectivity index (χ3v) is 3.48. The van der Waals surface area contributed by atoms with Gasteiger partial charge in [-0.25, -0.2) is 0 Å². The summed E-state index contributed by atoms with van der Waals surface area (Å²) in [6.07, 6.45) is 4.31. The van der Waals surface area contributed by atoms with Crippen LogP contribution in [0.4, 0.5) is 0 Å². The lowest BCUT2D eigenvalue weighted by molar-refractivity contribution is -0.145. The molecule has 1 aromatic heterocycles. The molecule has 0 radical (unpaired) electrons. The molecule has 0 saturated carbocycles. The summed E-state index contributed by atoms with van der Waals surface area (Å²) in [5.74, 6) is -0.672. The minimum absolute atomic E-state index is 0.223. The lowest BCUT2D eigenvalue weighted by Gasteiger charge is -2.24. The van der Waals surface area contributed by atoms with Crippen molar-refractivity contribution in [2.24, 2.45) is 5.92 Å². The number of esters is 1. The molecule has 0 fully saturated rings. The maximum absolute atomic E-state index is 12.5. The minimum Gasteiger partial charge on any atom is -0.469 e. The summed E-state index contributed by atoms with van der Waals surface area (Å²) in [6.45, 7) is 5.98. The highest BCUT2D eigenvalue weighted by Gasteiger charge is 2.23. The van der Waals surface area contributed by atoms with Gasteiger partial charge in [-0.05, 0) is 25.0 Å². The molecule has 0 N–H and O–H groups in total. The molecule has 0 aliphatic carbocycles. The highest BCUT2D eigenvalue weighted by molar-refractivity contribution is 5.91. The predicted octanol–water partition coefficient (Wildman–Crippen LogP) is 2.74. The molecule has 1 heterocycles. The number of carbonyl (C=O) groups excluding carboxylic acids is 2. The number of hydrogen-bond acceptors (Lipinski definition) is 5. The van der Waals surface area contributed by atoms with Crippen LogP contribution < -0.4 is 0 Å². The molecule has 0 aromatic carbocycles. The first-order valence-corrected chi connectivity index (χ1v) is 8.08. The molecule has 1 amide bonds. The van der Waals surface area contributed by atoms with E-state index >= 15 is 0 Å². The molecule has 0 saturated heterocycles. The topological polar surface area (TPSA) is 69.0 Å². The summed E-state index contributed by atoms with van der Waals surface area (Å²) in [6, 6.07) is 3.29. The Morgan fingerprint density at radius 2 is 2.04 bits per heavy atom. The molecule has 0 aliphatic rings. The van der Waals surface area contributed by atoms with Gasteiger partial charge in [0.2, 0.25) is 0 Å². The van der Waals surface area contributed by atoms with Gasteiger partial charge >= 0.3 is 5.97 Å². The zero-order chi connectivity index (χ0) is 17.1. The van der Waals surface area contributed by atoms with E-state index in [0.717, 1.165) is 19.4 Å². The van der Waals surface area contributed by atoms with Gasteiger partial charge in [0.15, 0.2) is 5.76 Å². The highest BCUT2D eigenvalue weighted by atomic mass is 16.5. The number of unbranched alkanes of at least 4 members (excludes halogenated alkanes) is 1. The van der Waals surface area contributed by atoms with Crippen LogP contribution in [0.2, 0.25) is 0 Å². The number of furan rings is 1. The van der Waals surface area contributed by atoms with Crippen molar-refractivity contribution in [3.63, 3.8) is 0 Å². The van der Waals surface area contributed by atoms with Gasteiger partial charge in [-0.15, -0.1) is 0 Å². The number of amides is 1. The van der Waals surface area contributed by atoms with E-state index in [1.165, 1.54) is 13.4 Å². The van der Waals surface area contributed by atoms with Crippen molar-refractivity contribution in [3.8, 4) is 0 Å². The first-order valence-electron chi connectivity index (χ1n) is 8.08. The van der Waals surface area contributed by atoms with Crippen molar-refractivity contribution >= 4 is 11.9 Å². The second kappa shape index (κ2) is 10.8. The van der Waals surface area contributed by atoms with Gasteiger partial charge in [0.1, 0.15) is 0 Å². The van der Waals surface area contributed by atoms with Crippen LogP contribution in [0, 0.1) is 5.92 Å². The van der Waals surface area contributed by atoms with Gasteiger partial charge in [-0.2, -0.15) is 0 Å². The summed E-state index contributed by atoms with van der Waals surface area (Å²) >= 11 is 0. The van der Waals surface area contributed by atoms with Gasteiger partial charge in [-0.1, -0.05) is 20.3 Å². The van der Waals surface area contributed by atoms with Crippen LogP contribution in [0.5, 0.6) is 0 Å². The van der Waals surface area contributed by atoms with Crippen molar-refractivity contribution in [2.75, 3.05) is 33.4 Å². The van der Waals surface area contributed by atoms with Crippen molar-refractivity contribution in [2.45, 2.75) is 33.1 Å².